The first-order chi connectivity index (χ1) is 8.25. The molecule has 6 heteroatoms. The predicted molar refractivity (Wildman–Crippen MR) is 71.6 cm³/mol. The fourth-order valence-corrected chi connectivity index (χ4v) is 2.75. The Hall–Kier alpha value is -0.780. The monoisotopic (exact) mass is 271 g/mol. The molecule has 0 aromatic carbocycles. The summed E-state index contributed by atoms with van der Waals surface area (Å²) in [6.07, 6.45) is 2.07. The van der Waals surface area contributed by atoms with Crippen LogP contribution in [0.2, 0.25) is 5.02 Å². The molecule has 1 aromatic rings. The normalized spacial score (nSPS) is 19.9. The second-order valence-electron chi connectivity index (χ2n) is 3.81. The van der Waals surface area contributed by atoms with Crippen LogP contribution in [0.4, 0.5) is 5.82 Å². The van der Waals surface area contributed by atoms with E-state index in [0.29, 0.717) is 17.3 Å². The number of hydrogen-bond donors (Lipinski definition) is 2. The van der Waals surface area contributed by atoms with Crippen molar-refractivity contribution >= 4 is 35.1 Å². The number of halogens is 1. The number of nitrogens with zero attached hydrogens (tertiary/aromatic N) is 1. The highest BCUT2D eigenvalue weighted by molar-refractivity contribution is 7.99. The van der Waals surface area contributed by atoms with Crippen LogP contribution in [-0.4, -0.2) is 35.0 Å². The molecule has 0 saturated carbocycles. The van der Waals surface area contributed by atoms with E-state index in [-0.39, 0.29) is 11.9 Å². The lowest BCUT2D eigenvalue weighted by Gasteiger charge is -2.22. The smallest absolute Gasteiger partial charge is 0.227 e. The molecule has 0 spiro atoms. The largest absolute Gasteiger partial charge is 0.312 e. The van der Waals surface area contributed by atoms with E-state index in [0.717, 1.165) is 18.1 Å². The summed E-state index contributed by atoms with van der Waals surface area (Å²) in [5, 5.41) is 6.51. The van der Waals surface area contributed by atoms with Crippen molar-refractivity contribution in [3.8, 4) is 0 Å². The van der Waals surface area contributed by atoms with Gasteiger partial charge in [0.1, 0.15) is 0 Å². The Kier molecular flexibility index (Phi) is 4.65. The van der Waals surface area contributed by atoms with Crippen molar-refractivity contribution in [3.05, 3.63) is 23.4 Å². The maximum absolute atomic E-state index is 11.8. The zero-order valence-electron chi connectivity index (χ0n) is 9.28. The average Bonchev–Trinajstić information content (AvgIpc) is 2.33. The fourth-order valence-electron chi connectivity index (χ4n) is 1.64. The first-order valence-electron chi connectivity index (χ1n) is 5.47. The van der Waals surface area contributed by atoms with Crippen LogP contribution in [0.25, 0.3) is 0 Å². The van der Waals surface area contributed by atoms with E-state index in [4.69, 9.17) is 11.6 Å². The average molecular weight is 272 g/mol. The van der Waals surface area contributed by atoms with Gasteiger partial charge in [0.05, 0.1) is 5.02 Å². The highest BCUT2D eigenvalue weighted by Gasteiger charge is 2.17. The first kappa shape index (κ1) is 12.7. The van der Waals surface area contributed by atoms with Gasteiger partial charge in [0, 0.05) is 36.7 Å². The van der Waals surface area contributed by atoms with E-state index < -0.39 is 0 Å². The van der Waals surface area contributed by atoms with Gasteiger partial charge in [0.2, 0.25) is 5.91 Å². The molecule has 1 aliphatic heterocycles. The third-order valence-corrected chi connectivity index (χ3v) is 3.88. The van der Waals surface area contributed by atoms with Crippen LogP contribution >= 0.6 is 23.4 Å². The van der Waals surface area contributed by atoms with Gasteiger partial charge < -0.3 is 10.6 Å². The van der Waals surface area contributed by atoms with Crippen molar-refractivity contribution in [1.82, 2.24) is 10.3 Å². The number of thioether (sulfide) groups is 1. The lowest BCUT2D eigenvalue weighted by atomic mass is 10.2. The standard InChI is InChI=1S/C11H14ClN3OS/c12-9-2-1-3-14-11(9)15-10(16)6-8-7-17-5-4-13-8/h1-3,8,13H,4-7H2,(H,14,15,16). The van der Waals surface area contributed by atoms with Crippen LogP contribution in [0, 0.1) is 0 Å². The molecule has 1 fully saturated rings. The molecule has 0 bridgehead atoms. The number of rotatable bonds is 3. The minimum atomic E-state index is -0.0504. The first-order valence-corrected chi connectivity index (χ1v) is 7.00. The van der Waals surface area contributed by atoms with E-state index in [1.807, 2.05) is 11.8 Å². The van der Waals surface area contributed by atoms with Gasteiger partial charge in [0.15, 0.2) is 5.82 Å². The summed E-state index contributed by atoms with van der Waals surface area (Å²) in [5.41, 5.74) is 0. The van der Waals surface area contributed by atoms with Crippen molar-refractivity contribution in [2.24, 2.45) is 0 Å². The van der Waals surface area contributed by atoms with Crippen molar-refractivity contribution in [3.63, 3.8) is 0 Å². The molecule has 1 saturated heterocycles. The molecule has 1 unspecified atom stereocenters. The van der Waals surface area contributed by atoms with Gasteiger partial charge in [-0.05, 0) is 12.1 Å². The van der Waals surface area contributed by atoms with E-state index in [9.17, 15) is 4.79 Å². The molecule has 1 amide bonds. The van der Waals surface area contributed by atoms with Crippen LogP contribution in [0.15, 0.2) is 18.3 Å². The quantitative estimate of drug-likeness (QED) is 0.880. The summed E-state index contributed by atoms with van der Waals surface area (Å²) < 4.78 is 0. The van der Waals surface area contributed by atoms with Gasteiger partial charge in [-0.3, -0.25) is 4.79 Å². The molecule has 2 heterocycles. The van der Waals surface area contributed by atoms with Crippen molar-refractivity contribution in [1.29, 1.82) is 0 Å². The van der Waals surface area contributed by atoms with Gasteiger partial charge in [0.25, 0.3) is 0 Å². The summed E-state index contributed by atoms with van der Waals surface area (Å²) in [6.45, 7) is 0.965. The van der Waals surface area contributed by atoms with E-state index in [1.54, 1.807) is 18.3 Å². The maximum Gasteiger partial charge on any atom is 0.227 e. The molecule has 0 aliphatic carbocycles. The summed E-state index contributed by atoms with van der Waals surface area (Å²) >= 11 is 7.78. The Morgan fingerprint density at radius 3 is 3.29 bits per heavy atom. The van der Waals surface area contributed by atoms with Crippen LogP contribution < -0.4 is 10.6 Å². The Balaban J connectivity index is 1.86. The molecule has 92 valence electrons. The summed E-state index contributed by atoms with van der Waals surface area (Å²) in [7, 11) is 0. The third kappa shape index (κ3) is 3.87. The minimum absolute atomic E-state index is 0.0504. The number of amides is 1. The lowest BCUT2D eigenvalue weighted by Crippen LogP contribution is -2.40. The van der Waals surface area contributed by atoms with Gasteiger partial charge in [-0.25, -0.2) is 4.98 Å². The SMILES string of the molecule is O=C(CC1CSCCN1)Nc1ncccc1Cl. The molecule has 4 nitrogen and oxygen atoms in total. The van der Waals surface area contributed by atoms with E-state index in [1.165, 1.54) is 0 Å². The zero-order valence-corrected chi connectivity index (χ0v) is 10.9. The second-order valence-corrected chi connectivity index (χ2v) is 5.37. The topological polar surface area (TPSA) is 54.0 Å². The summed E-state index contributed by atoms with van der Waals surface area (Å²) in [6, 6.07) is 3.69. The second kappa shape index (κ2) is 6.23. The molecule has 2 N–H and O–H groups in total. The van der Waals surface area contributed by atoms with Gasteiger partial charge >= 0.3 is 0 Å². The zero-order chi connectivity index (χ0) is 12.1. The number of anilines is 1. The molecular weight excluding hydrogens is 258 g/mol. The van der Waals surface area contributed by atoms with Crippen LogP contribution in [0.3, 0.4) is 0 Å². The van der Waals surface area contributed by atoms with Crippen molar-refractivity contribution in [2.45, 2.75) is 12.5 Å². The summed E-state index contributed by atoms with van der Waals surface area (Å²) in [4.78, 5) is 15.8. The van der Waals surface area contributed by atoms with Crippen molar-refractivity contribution in [2.75, 3.05) is 23.4 Å². The van der Waals surface area contributed by atoms with Gasteiger partial charge in [-0.15, -0.1) is 0 Å². The van der Waals surface area contributed by atoms with Gasteiger partial charge in [-0.2, -0.15) is 11.8 Å². The van der Waals surface area contributed by atoms with E-state index in [2.05, 4.69) is 15.6 Å². The number of carbonyl (C=O) groups is 1. The Labute approximate surface area is 110 Å². The Morgan fingerprint density at radius 1 is 1.71 bits per heavy atom. The Morgan fingerprint density at radius 2 is 2.59 bits per heavy atom. The van der Waals surface area contributed by atoms with Crippen LogP contribution in [-0.2, 0) is 4.79 Å². The molecule has 0 radical (unpaired) electrons. The molecule has 1 aromatic heterocycles. The molecule has 2 rings (SSSR count). The predicted octanol–water partition coefficient (Wildman–Crippen LogP) is 1.77. The van der Waals surface area contributed by atoms with Crippen LogP contribution in [0.1, 0.15) is 6.42 Å². The Bertz CT molecular complexity index is 396. The number of aromatic nitrogens is 1. The number of pyridine rings is 1. The molecule has 17 heavy (non-hydrogen) atoms. The number of hydrogen-bond acceptors (Lipinski definition) is 4. The molecule has 1 atom stereocenters. The highest BCUT2D eigenvalue weighted by atomic mass is 35.5. The number of nitrogens with one attached hydrogen (secondary N) is 2. The van der Waals surface area contributed by atoms with Crippen LogP contribution in [0.5, 0.6) is 0 Å². The third-order valence-electron chi connectivity index (χ3n) is 2.45. The summed E-state index contributed by atoms with van der Waals surface area (Å²) in [5.74, 6) is 2.47. The minimum Gasteiger partial charge on any atom is -0.312 e. The van der Waals surface area contributed by atoms with E-state index >= 15 is 0 Å². The maximum atomic E-state index is 11.8. The molecular formula is C11H14ClN3OS. The van der Waals surface area contributed by atoms with Gasteiger partial charge in [-0.1, -0.05) is 11.6 Å². The lowest BCUT2D eigenvalue weighted by molar-refractivity contribution is -0.116. The van der Waals surface area contributed by atoms with Crippen molar-refractivity contribution < 1.29 is 4.79 Å². The fraction of sp³-hybridized carbons (Fsp3) is 0.455. The molecule has 1 aliphatic rings. The highest BCUT2D eigenvalue weighted by Crippen LogP contribution is 2.18. The number of carbonyl (C=O) groups excluding carboxylic acids is 1.